The molecule has 0 N–H and O–H groups in total. The highest BCUT2D eigenvalue weighted by atomic mass is 32.2. The normalized spacial score (nSPS) is 18.3. The van der Waals surface area contributed by atoms with Crippen LogP contribution < -0.4 is 0 Å². The standard InChI is InChI=1S/C22H19N5O2S3/c28-20(13-32-22-24-23-21(19-6-3-11-31-19)26(22)14-7-8-14)27-16(17-4-1-9-29-17)12-15(25-27)18-5-2-10-30-18/h1-6,9-11,14,16H,7-8,12-13H2/t16-/m0/s1. The van der Waals surface area contributed by atoms with Gasteiger partial charge < -0.3 is 4.42 Å². The molecule has 2 aliphatic rings. The smallest absolute Gasteiger partial charge is 0.253 e. The maximum atomic E-state index is 13.3. The molecule has 1 aliphatic carbocycles. The molecule has 4 aromatic heterocycles. The second kappa shape index (κ2) is 8.34. The number of thioether (sulfide) groups is 1. The molecule has 0 spiro atoms. The second-order valence-electron chi connectivity index (χ2n) is 7.67. The average molecular weight is 482 g/mol. The zero-order valence-corrected chi connectivity index (χ0v) is 19.4. The molecule has 5 heterocycles. The first-order valence-corrected chi connectivity index (χ1v) is 13.1. The molecule has 0 aromatic carbocycles. The van der Waals surface area contributed by atoms with E-state index in [9.17, 15) is 4.79 Å². The van der Waals surface area contributed by atoms with Crippen LogP contribution in [0.25, 0.3) is 10.7 Å². The largest absolute Gasteiger partial charge is 0.467 e. The summed E-state index contributed by atoms with van der Waals surface area (Å²) in [6.45, 7) is 0. The number of hydrogen-bond acceptors (Lipinski definition) is 8. The zero-order chi connectivity index (χ0) is 21.5. The molecular formula is C22H19N5O2S3. The van der Waals surface area contributed by atoms with E-state index < -0.39 is 0 Å². The van der Waals surface area contributed by atoms with E-state index in [-0.39, 0.29) is 17.7 Å². The van der Waals surface area contributed by atoms with Gasteiger partial charge in [0.15, 0.2) is 11.0 Å². The number of thiophene rings is 2. The molecule has 1 aliphatic heterocycles. The SMILES string of the molecule is O=C(CSc1nnc(-c2cccs2)n1C1CC1)N1N=C(c2cccs2)C[C@H]1c1ccco1. The van der Waals surface area contributed by atoms with Crippen molar-refractivity contribution in [2.75, 3.05) is 5.75 Å². The van der Waals surface area contributed by atoms with Crippen LogP contribution in [0.15, 0.2) is 68.1 Å². The monoisotopic (exact) mass is 481 g/mol. The Bertz CT molecular complexity index is 1240. The zero-order valence-electron chi connectivity index (χ0n) is 17.0. The van der Waals surface area contributed by atoms with E-state index in [1.54, 1.807) is 33.9 Å². The summed E-state index contributed by atoms with van der Waals surface area (Å²) in [5, 5.41) is 20.0. The molecule has 0 unspecified atom stereocenters. The predicted molar refractivity (Wildman–Crippen MR) is 126 cm³/mol. The van der Waals surface area contributed by atoms with Gasteiger partial charge in [0, 0.05) is 12.5 Å². The fourth-order valence-electron chi connectivity index (χ4n) is 3.84. The summed E-state index contributed by atoms with van der Waals surface area (Å²) in [5.74, 6) is 1.82. The summed E-state index contributed by atoms with van der Waals surface area (Å²) in [6, 6.07) is 12.1. The molecule has 32 heavy (non-hydrogen) atoms. The fourth-order valence-corrected chi connectivity index (χ4v) is 6.12. The lowest BCUT2D eigenvalue weighted by Crippen LogP contribution is -2.28. The predicted octanol–water partition coefficient (Wildman–Crippen LogP) is 5.47. The fraction of sp³-hybridized carbons (Fsp3) is 0.273. The Hall–Kier alpha value is -2.69. The van der Waals surface area contributed by atoms with Gasteiger partial charge in [0.2, 0.25) is 0 Å². The van der Waals surface area contributed by atoms with E-state index in [1.807, 2.05) is 41.1 Å². The van der Waals surface area contributed by atoms with Crippen molar-refractivity contribution in [3.05, 3.63) is 64.1 Å². The highest BCUT2D eigenvalue weighted by Gasteiger charge is 2.36. The average Bonchev–Trinajstić information content (AvgIpc) is 3.45. The maximum Gasteiger partial charge on any atom is 0.253 e. The number of rotatable bonds is 7. The number of hydrogen-bond donors (Lipinski definition) is 0. The number of aromatic nitrogens is 3. The Balaban J connectivity index is 1.23. The van der Waals surface area contributed by atoms with Crippen molar-refractivity contribution in [1.29, 1.82) is 0 Å². The van der Waals surface area contributed by atoms with Crippen LogP contribution >= 0.6 is 34.4 Å². The van der Waals surface area contributed by atoms with Gasteiger partial charge in [-0.3, -0.25) is 9.36 Å². The van der Waals surface area contributed by atoms with Crippen molar-refractivity contribution in [3.63, 3.8) is 0 Å². The first-order valence-electron chi connectivity index (χ1n) is 10.4. The number of hydrazone groups is 1. The quantitative estimate of drug-likeness (QED) is 0.327. The molecule has 1 amide bonds. The van der Waals surface area contributed by atoms with Gasteiger partial charge in [-0.25, -0.2) is 5.01 Å². The van der Waals surface area contributed by atoms with Crippen LogP contribution in [0.3, 0.4) is 0 Å². The molecule has 162 valence electrons. The van der Waals surface area contributed by atoms with E-state index in [0.717, 1.165) is 45.0 Å². The summed E-state index contributed by atoms with van der Waals surface area (Å²) < 4.78 is 7.83. The molecule has 0 bridgehead atoms. The molecule has 4 aromatic rings. The topological polar surface area (TPSA) is 76.5 Å². The van der Waals surface area contributed by atoms with Crippen LogP contribution in [-0.4, -0.2) is 37.1 Å². The third-order valence-corrected chi connectivity index (χ3v) is 8.20. The molecule has 1 fully saturated rings. The van der Waals surface area contributed by atoms with Crippen molar-refractivity contribution in [1.82, 2.24) is 19.8 Å². The first kappa shape index (κ1) is 20.0. The highest BCUT2D eigenvalue weighted by Crippen LogP contribution is 2.42. The summed E-state index contributed by atoms with van der Waals surface area (Å²) in [7, 11) is 0. The highest BCUT2D eigenvalue weighted by molar-refractivity contribution is 7.99. The lowest BCUT2D eigenvalue weighted by Gasteiger charge is -2.19. The Labute approximate surface area is 196 Å². The van der Waals surface area contributed by atoms with E-state index in [1.165, 1.54) is 11.8 Å². The molecule has 1 atom stereocenters. The third kappa shape index (κ3) is 3.72. The van der Waals surface area contributed by atoms with Gasteiger partial charge in [0.25, 0.3) is 5.91 Å². The summed E-state index contributed by atoms with van der Waals surface area (Å²) >= 11 is 4.72. The van der Waals surface area contributed by atoms with E-state index in [0.29, 0.717) is 12.5 Å². The number of carbonyl (C=O) groups excluding carboxylic acids is 1. The van der Waals surface area contributed by atoms with Crippen molar-refractivity contribution >= 4 is 46.1 Å². The molecule has 7 nitrogen and oxygen atoms in total. The van der Waals surface area contributed by atoms with Gasteiger partial charge in [-0.15, -0.1) is 32.9 Å². The Kier molecular flexibility index (Phi) is 5.20. The van der Waals surface area contributed by atoms with Crippen LogP contribution in [0.4, 0.5) is 0 Å². The van der Waals surface area contributed by atoms with Crippen LogP contribution in [-0.2, 0) is 4.79 Å². The van der Waals surface area contributed by atoms with Crippen LogP contribution in [0.2, 0.25) is 0 Å². The minimum atomic E-state index is -0.224. The first-order chi connectivity index (χ1) is 15.8. The number of furan rings is 1. The molecule has 0 radical (unpaired) electrons. The van der Waals surface area contributed by atoms with Crippen LogP contribution in [0.1, 0.15) is 42.0 Å². The van der Waals surface area contributed by atoms with Gasteiger partial charge in [-0.05, 0) is 47.9 Å². The summed E-state index contributed by atoms with van der Waals surface area (Å²) in [6.07, 6.45) is 4.53. The lowest BCUT2D eigenvalue weighted by molar-refractivity contribution is -0.130. The Morgan fingerprint density at radius 1 is 1.09 bits per heavy atom. The molecule has 0 saturated heterocycles. The van der Waals surface area contributed by atoms with E-state index in [2.05, 4.69) is 20.8 Å². The van der Waals surface area contributed by atoms with Crippen molar-refractivity contribution in [3.8, 4) is 10.7 Å². The van der Waals surface area contributed by atoms with Crippen LogP contribution in [0.5, 0.6) is 0 Å². The molecule has 1 saturated carbocycles. The molecule has 6 rings (SSSR count). The van der Waals surface area contributed by atoms with Crippen molar-refractivity contribution in [2.24, 2.45) is 5.10 Å². The van der Waals surface area contributed by atoms with Crippen LogP contribution in [0, 0.1) is 0 Å². The minimum absolute atomic E-state index is 0.0639. The van der Waals surface area contributed by atoms with Gasteiger partial charge in [0.05, 0.1) is 27.5 Å². The number of nitrogens with zero attached hydrogens (tertiary/aromatic N) is 5. The Morgan fingerprint density at radius 2 is 1.91 bits per heavy atom. The lowest BCUT2D eigenvalue weighted by atomic mass is 10.1. The van der Waals surface area contributed by atoms with Gasteiger partial charge >= 0.3 is 0 Å². The molecule has 10 heteroatoms. The van der Waals surface area contributed by atoms with Gasteiger partial charge in [-0.1, -0.05) is 23.9 Å². The van der Waals surface area contributed by atoms with Crippen molar-refractivity contribution < 1.29 is 9.21 Å². The number of amides is 1. The third-order valence-electron chi connectivity index (χ3n) is 5.49. The molecular weight excluding hydrogens is 462 g/mol. The second-order valence-corrected chi connectivity index (χ2v) is 10.5. The van der Waals surface area contributed by atoms with E-state index in [4.69, 9.17) is 9.52 Å². The maximum absolute atomic E-state index is 13.3. The number of carbonyl (C=O) groups is 1. The van der Waals surface area contributed by atoms with E-state index >= 15 is 0 Å². The van der Waals surface area contributed by atoms with Gasteiger partial charge in [0.1, 0.15) is 11.8 Å². The minimum Gasteiger partial charge on any atom is -0.467 e. The van der Waals surface area contributed by atoms with Gasteiger partial charge in [-0.2, -0.15) is 5.10 Å². The Morgan fingerprint density at radius 3 is 2.59 bits per heavy atom. The summed E-state index contributed by atoms with van der Waals surface area (Å²) in [4.78, 5) is 15.5. The summed E-state index contributed by atoms with van der Waals surface area (Å²) in [5.41, 5.74) is 0.917. The van der Waals surface area contributed by atoms with Crippen molar-refractivity contribution in [2.45, 2.75) is 36.5 Å².